The summed E-state index contributed by atoms with van der Waals surface area (Å²) in [6.07, 6.45) is 0. The predicted molar refractivity (Wildman–Crippen MR) is 64.0 cm³/mol. The van der Waals surface area contributed by atoms with Gasteiger partial charge < -0.3 is 10.1 Å². The van der Waals surface area contributed by atoms with Crippen molar-refractivity contribution in [2.45, 2.75) is 6.92 Å². The molecule has 0 fully saturated rings. The minimum Gasteiger partial charge on any atom is -0.467 e. The van der Waals surface area contributed by atoms with E-state index >= 15 is 0 Å². The van der Waals surface area contributed by atoms with E-state index in [4.69, 9.17) is 4.74 Å². The molecule has 5 nitrogen and oxygen atoms in total. The highest BCUT2D eigenvalue weighted by Crippen LogP contribution is 2.23. The molecule has 0 atom stereocenters. The lowest BCUT2D eigenvalue weighted by Gasteiger charge is -2.03. The zero-order chi connectivity index (χ0) is 11.5. The summed E-state index contributed by atoms with van der Waals surface area (Å²) in [6.45, 7) is 2.05. The van der Waals surface area contributed by atoms with Gasteiger partial charge in [-0.3, -0.25) is 0 Å². The second-order valence-electron chi connectivity index (χ2n) is 3.17. The number of hydrogen-bond donors (Lipinski definition) is 1. The van der Waals surface area contributed by atoms with Crippen LogP contribution in [-0.2, 0) is 0 Å². The molecule has 2 aromatic heterocycles. The summed E-state index contributed by atoms with van der Waals surface area (Å²) in [5.41, 5.74) is 0.986. The first-order chi connectivity index (χ1) is 7.72. The second-order valence-corrected chi connectivity index (χ2v) is 4.28. The summed E-state index contributed by atoms with van der Waals surface area (Å²) < 4.78 is 5.03. The van der Waals surface area contributed by atoms with Crippen LogP contribution in [0.1, 0.15) is 4.88 Å². The van der Waals surface area contributed by atoms with E-state index in [1.165, 1.54) is 12.0 Å². The molecule has 0 unspecified atom stereocenters. The van der Waals surface area contributed by atoms with Gasteiger partial charge in [0.05, 0.1) is 7.11 Å². The fourth-order valence-corrected chi connectivity index (χ4v) is 1.93. The molecular weight excluding hydrogens is 224 g/mol. The quantitative estimate of drug-likeness (QED) is 0.882. The smallest absolute Gasteiger partial charge is 0.321 e. The number of thiophene rings is 1. The number of aryl methyl sites for hydroxylation is 1. The van der Waals surface area contributed by atoms with Crippen molar-refractivity contribution < 1.29 is 4.74 Å². The van der Waals surface area contributed by atoms with Crippen LogP contribution in [0.5, 0.6) is 6.01 Å². The third kappa shape index (κ3) is 2.11. The lowest BCUT2D eigenvalue weighted by Crippen LogP contribution is -2.02. The van der Waals surface area contributed by atoms with E-state index in [9.17, 15) is 0 Å². The van der Waals surface area contributed by atoms with Crippen molar-refractivity contribution in [3.05, 3.63) is 16.3 Å². The van der Waals surface area contributed by atoms with Gasteiger partial charge in [-0.2, -0.15) is 15.0 Å². The SMILES string of the molecule is CNc1nc(OC)nc(-c2csc(C)c2)n1. The Morgan fingerprint density at radius 1 is 1.31 bits per heavy atom. The number of anilines is 1. The normalized spacial score (nSPS) is 10.2. The number of nitrogens with zero attached hydrogens (tertiary/aromatic N) is 3. The Labute approximate surface area is 97.5 Å². The summed E-state index contributed by atoms with van der Waals surface area (Å²) in [7, 11) is 3.30. The average Bonchev–Trinajstić information content (AvgIpc) is 2.75. The Balaban J connectivity index is 2.47. The highest BCUT2D eigenvalue weighted by molar-refractivity contribution is 7.10. The van der Waals surface area contributed by atoms with Gasteiger partial charge in [-0.05, 0) is 13.0 Å². The lowest BCUT2D eigenvalue weighted by atomic mass is 10.3. The molecule has 0 aliphatic rings. The number of aromatic nitrogens is 3. The highest BCUT2D eigenvalue weighted by Gasteiger charge is 2.08. The Morgan fingerprint density at radius 2 is 2.12 bits per heavy atom. The van der Waals surface area contributed by atoms with E-state index in [1.54, 1.807) is 18.4 Å². The summed E-state index contributed by atoms with van der Waals surface area (Å²) >= 11 is 1.66. The van der Waals surface area contributed by atoms with Gasteiger partial charge in [0, 0.05) is 22.9 Å². The van der Waals surface area contributed by atoms with E-state index < -0.39 is 0 Å². The van der Waals surface area contributed by atoms with E-state index in [1.807, 2.05) is 18.4 Å². The molecule has 16 heavy (non-hydrogen) atoms. The molecule has 0 saturated heterocycles. The van der Waals surface area contributed by atoms with Gasteiger partial charge in [0.15, 0.2) is 5.82 Å². The van der Waals surface area contributed by atoms with Gasteiger partial charge in [0.1, 0.15) is 0 Å². The molecule has 1 N–H and O–H groups in total. The van der Waals surface area contributed by atoms with Gasteiger partial charge in [0.25, 0.3) is 0 Å². The van der Waals surface area contributed by atoms with Crippen LogP contribution in [0.25, 0.3) is 11.4 Å². The molecule has 0 aliphatic heterocycles. The lowest BCUT2D eigenvalue weighted by molar-refractivity contribution is 0.379. The van der Waals surface area contributed by atoms with Gasteiger partial charge in [-0.25, -0.2) is 0 Å². The van der Waals surface area contributed by atoms with Crippen LogP contribution < -0.4 is 10.1 Å². The molecule has 84 valence electrons. The van der Waals surface area contributed by atoms with Crippen LogP contribution in [0.4, 0.5) is 5.95 Å². The molecular formula is C10H12N4OS. The van der Waals surface area contributed by atoms with E-state index in [2.05, 4.69) is 20.3 Å². The number of ether oxygens (including phenoxy) is 1. The number of rotatable bonds is 3. The molecule has 0 bridgehead atoms. The molecule has 0 spiro atoms. The number of methoxy groups -OCH3 is 1. The molecule has 2 rings (SSSR count). The van der Waals surface area contributed by atoms with Gasteiger partial charge in [-0.15, -0.1) is 11.3 Å². The molecule has 0 amide bonds. The highest BCUT2D eigenvalue weighted by atomic mass is 32.1. The molecule has 0 radical (unpaired) electrons. The van der Waals surface area contributed by atoms with Crippen molar-refractivity contribution in [1.29, 1.82) is 0 Å². The standard InChI is InChI=1S/C10H12N4OS/c1-6-4-7(5-16-6)8-12-9(11-2)14-10(13-8)15-3/h4-5H,1-3H3,(H,11,12,13,14). The maximum absolute atomic E-state index is 5.03. The topological polar surface area (TPSA) is 59.9 Å². The number of nitrogens with one attached hydrogen (secondary N) is 1. The van der Waals surface area contributed by atoms with Crippen molar-refractivity contribution in [2.75, 3.05) is 19.5 Å². The van der Waals surface area contributed by atoms with Gasteiger partial charge in [0.2, 0.25) is 5.95 Å². The first kappa shape index (κ1) is 10.8. The number of hydrogen-bond acceptors (Lipinski definition) is 6. The summed E-state index contributed by atoms with van der Waals surface area (Å²) in [5, 5.41) is 4.90. The van der Waals surface area contributed by atoms with Gasteiger partial charge >= 0.3 is 6.01 Å². The summed E-state index contributed by atoms with van der Waals surface area (Å²) in [5.74, 6) is 1.13. The van der Waals surface area contributed by atoms with Crippen molar-refractivity contribution >= 4 is 17.3 Å². The third-order valence-electron chi connectivity index (χ3n) is 2.01. The Kier molecular flexibility index (Phi) is 3.00. The van der Waals surface area contributed by atoms with Crippen LogP contribution in [0.3, 0.4) is 0 Å². The molecule has 0 aromatic carbocycles. The van der Waals surface area contributed by atoms with E-state index in [-0.39, 0.29) is 0 Å². The fourth-order valence-electron chi connectivity index (χ4n) is 1.25. The molecule has 0 saturated carbocycles. The molecule has 6 heteroatoms. The van der Waals surface area contributed by atoms with Crippen molar-refractivity contribution in [1.82, 2.24) is 15.0 Å². The van der Waals surface area contributed by atoms with E-state index in [0.29, 0.717) is 17.8 Å². The minimum absolute atomic E-state index is 0.318. The van der Waals surface area contributed by atoms with Crippen molar-refractivity contribution in [2.24, 2.45) is 0 Å². The summed E-state index contributed by atoms with van der Waals surface area (Å²) in [4.78, 5) is 13.8. The van der Waals surface area contributed by atoms with E-state index in [0.717, 1.165) is 5.56 Å². The summed E-state index contributed by atoms with van der Waals surface area (Å²) in [6, 6.07) is 2.36. The first-order valence-electron chi connectivity index (χ1n) is 4.76. The van der Waals surface area contributed by atoms with Crippen molar-refractivity contribution in [3.63, 3.8) is 0 Å². The third-order valence-corrected chi connectivity index (χ3v) is 2.87. The van der Waals surface area contributed by atoms with Crippen LogP contribution in [0, 0.1) is 6.92 Å². The zero-order valence-electron chi connectivity index (χ0n) is 9.31. The van der Waals surface area contributed by atoms with Gasteiger partial charge in [-0.1, -0.05) is 0 Å². The van der Waals surface area contributed by atoms with Crippen molar-refractivity contribution in [3.8, 4) is 17.4 Å². The van der Waals surface area contributed by atoms with Crippen LogP contribution in [-0.4, -0.2) is 29.1 Å². The Bertz CT molecular complexity index is 475. The Hall–Kier alpha value is -1.69. The first-order valence-corrected chi connectivity index (χ1v) is 5.64. The zero-order valence-corrected chi connectivity index (χ0v) is 10.1. The van der Waals surface area contributed by atoms with Crippen LogP contribution >= 0.6 is 11.3 Å². The average molecular weight is 236 g/mol. The second kappa shape index (κ2) is 4.44. The molecule has 2 heterocycles. The van der Waals surface area contributed by atoms with Crippen LogP contribution in [0.2, 0.25) is 0 Å². The molecule has 0 aliphatic carbocycles. The predicted octanol–water partition coefficient (Wildman–Crippen LogP) is 1.96. The largest absolute Gasteiger partial charge is 0.467 e. The monoisotopic (exact) mass is 236 g/mol. The maximum Gasteiger partial charge on any atom is 0.321 e. The minimum atomic E-state index is 0.318. The Morgan fingerprint density at radius 3 is 2.69 bits per heavy atom. The molecule has 2 aromatic rings. The van der Waals surface area contributed by atoms with Crippen LogP contribution in [0.15, 0.2) is 11.4 Å². The fraction of sp³-hybridized carbons (Fsp3) is 0.300. The maximum atomic E-state index is 5.03.